The van der Waals surface area contributed by atoms with E-state index in [9.17, 15) is 4.79 Å². The highest BCUT2D eigenvalue weighted by atomic mass is 127. The van der Waals surface area contributed by atoms with Crippen molar-refractivity contribution in [3.63, 3.8) is 0 Å². The summed E-state index contributed by atoms with van der Waals surface area (Å²) in [5, 5.41) is 2.96. The SMILES string of the molecule is CCN(CC)CCNC(=O)c1ccc(C)c(I)c1. The van der Waals surface area contributed by atoms with Crippen LogP contribution in [0.25, 0.3) is 0 Å². The molecule has 0 aliphatic heterocycles. The largest absolute Gasteiger partial charge is 0.351 e. The third-order valence-electron chi connectivity index (χ3n) is 3.04. The summed E-state index contributed by atoms with van der Waals surface area (Å²) >= 11 is 2.26. The first kappa shape index (κ1) is 15.4. The lowest BCUT2D eigenvalue weighted by Gasteiger charge is -2.18. The quantitative estimate of drug-likeness (QED) is 0.792. The molecule has 18 heavy (non-hydrogen) atoms. The summed E-state index contributed by atoms with van der Waals surface area (Å²) in [6, 6.07) is 5.80. The number of hydrogen-bond acceptors (Lipinski definition) is 2. The molecule has 1 amide bonds. The minimum atomic E-state index is 0.0140. The molecule has 0 heterocycles. The first-order valence-electron chi connectivity index (χ1n) is 6.35. The van der Waals surface area contributed by atoms with Crippen LogP contribution in [0.5, 0.6) is 0 Å². The van der Waals surface area contributed by atoms with Crippen LogP contribution in [-0.2, 0) is 0 Å². The summed E-state index contributed by atoms with van der Waals surface area (Å²) in [5.74, 6) is 0.0140. The number of halogens is 1. The van der Waals surface area contributed by atoms with Gasteiger partial charge in [-0.05, 0) is 60.3 Å². The van der Waals surface area contributed by atoms with Crippen LogP contribution in [0, 0.1) is 10.5 Å². The molecule has 0 radical (unpaired) electrons. The van der Waals surface area contributed by atoms with E-state index in [1.165, 1.54) is 5.56 Å². The fourth-order valence-electron chi connectivity index (χ4n) is 1.70. The number of carbonyl (C=O) groups is 1. The minimum Gasteiger partial charge on any atom is -0.351 e. The molecule has 4 heteroatoms. The summed E-state index contributed by atoms with van der Waals surface area (Å²) < 4.78 is 1.13. The number of nitrogens with zero attached hydrogens (tertiary/aromatic N) is 1. The van der Waals surface area contributed by atoms with E-state index in [2.05, 4.69) is 46.7 Å². The highest BCUT2D eigenvalue weighted by Gasteiger charge is 2.07. The van der Waals surface area contributed by atoms with Crippen molar-refractivity contribution in [2.75, 3.05) is 26.2 Å². The number of benzene rings is 1. The molecule has 0 atom stereocenters. The number of carbonyl (C=O) groups excluding carboxylic acids is 1. The second-order valence-corrected chi connectivity index (χ2v) is 5.41. The maximum absolute atomic E-state index is 11.9. The molecule has 1 rings (SSSR count). The molecule has 0 fully saturated rings. The van der Waals surface area contributed by atoms with Crippen LogP contribution in [0.4, 0.5) is 0 Å². The number of likely N-dealkylation sites (N-methyl/N-ethyl adjacent to an activating group) is 1. The summed E-state index contributed by atoms with van der Waals surface area (Å²) in [4.78, 5) is 14.2. The van der Waals surface area contributed by atoms with Crippen molar-refractivity contribution in [1.82, 2.24) is 10.2 Å². The fraction of sp³-hybridized carbons (Fsp3) is 0.500. The maximum atomic E-state index is 11.9. The van der Waals surface area contributed by atoms with Gasteiger partial charge >= 0.3 is 0 Å². The van der Waals surface area contributed by atoms with E-state index in [1.54, 1.807) is 0 Å². The van der Waals surface area contributed by atoms with Crippen LogP contribution in [0.1, 0.15) is 29.8 Å². The minimum absolute atomic E-state index is 0.0140. The molecule has 1 aromatic rings. The second-order valence-electron chi connectivity index (χ2n) is 4.25. The van der Waals surface area contributed by atoms with Gasteiger partial charge in [-0.3, -0.25) is 4.79 Å². The molecule has 0 aliphatic rings. The van der Waals surface area contributed by atoms with E-state index in [0.29, 0.717) is 6.54 Å². The molecule has 0 saturated heterocycles. The Kier molecular flexibility index (Phi) is 6.63. The highest BCUT2D eigenvalue weighted by molar-refractivity contribution is 14.1. The predicted molar refractivity (Wildman–Crippen MR) is 84.0 cm³/mol. The van der Waals surface area contributed by atoms with E-state index in [0.717, 1.165) is 28.8 Å². The Hall–Kier alpha value is -0.620. The predicted octanol–water partition coefficient (Wildman–Crippen LogP) is 2.67. The molecule has 1 aromatic carbocycles. The lowest BCUT2D eigenvalue weighted by atomic mass is 10.1. The van der Waals surface area contributed by atoms with Gasteiger partial charge in [0, 0.05) is 22.2 Å². The molecule has 0 saturated carbocycles. The molecule has 0 bridgehead atoms. The number of hydrogen-bond donors (Lipinski definition) is 1. The van der Waals surface area contributed by atoms with Crippen molar-refractivity contribution in [3.05, 3.63) is 32.9 Å². The number of amides is 1. The topological polar surface area (TPSA) is 32.3 Å². The van der Waals surface area contributed by atoms with Gasteiger partial charge in [-0.2, -0.15) is 0 Å². The van der Waals surface area contributed by atoms with Crippen molar-refractivity contribution >= 4 is 28.5 Å². The van der Waals surface area contributed by atoms with E-state index < -0.39 is 0 Å². The first-order chi connectivity index (χ1) is 8.58. The molecular formula is C14H21IN2O. The van der Waals surface area contributed by atoms with Gasteiger partial charge in [-0.1, -0.05) is 19.9 Å². The Morgan fingerprint density at radius 3 is 2.56 bits per heavy atom. The second kappa shape index (κ2) is 7.74. The smallest absolute Gasteiger partial charge is 0.251 e. The Labute approximate surface area is 123 Å². The Balaban J connectivity index is 2.48. The molecule has 0 unspecified atom stereocenters. The van der Waals surface area contributed by atoms with E-state index >= 15 is 0 Å². The van der Waals surface area contributed by atoms with Gasteiger partial charge in [0.25, 0.3) is 5.91 Å². The summed E-state index contributed by atoms with van der Waals surface area (Å²) in [6.45, 7) is 9.96. The Morgan fingerprint density at radius 1 is 1.33 bits per heavy atom. The van der Waals surface area contributed by atoms with Crippen molar-refractivity contribution in [2.24, 2.45) is 0 Å². The molecular weight excluding hydrogens is 339 g/mol. The Morgan fingerprint density at radius 2 is 2.00 bits per heavy atom. The summed E-state index contributed by atoms with van der Waals surface area (Å²) in [7, 11) is 0. The average molecular weight is 360 g/mol. The van der Waals surface area contributed by atoms with E-state index in [4.69, 9.17) is 0 Å². The fourth-order valence-corrected chi connectivity index (χ4v) is 2.22. The molecule has 1 N–H and O–H groups in total. The van der Waals surface area contributed by atoms with E-state index in [-0.39, 0.29) is 5.91 Å². The molecule has 100 valence electrons. The standard InChI is InChI=1S/C14H21IN2O/c1-4-17(5-2)9-8-16-14(18)12-7-6-11(3)13(15)10-12/h6-7,10H,4-5,8-9H2,1-3H3,(H,16,18). The van der Waals surface area contributed by atoms with Crippen molar-refractivity contribution < 1.29 is 4.79 Å². The highest BCUT2D eigenvalue weighted by Crippen LogP contribution is 2.13. The zero-order chi connectivity index (χ0) is 13.5. The van der Waals surface area contributed by atoms with Gasteiger partial charge in [-0.25, -0.2) is 0 Å². The van der Waals surface area contributed by atoms with Gasteiger partial charge in [0.2, 0.25) is 0 Å². The molecule has 3 nitrogen and oxygen atoms in total. The van der Waals surface area contributed by atoms with Gasteiger partial charge in [0.1, 0.15) is 0 Å². The van der Waals surface area contributed by atoms with Gasteiger partial charge < -0.3 is 10.2 Å². The third kappa shape index (κ3) is 4.57. The lowest BCUT2D eigenvalue weighted by Crippen LogP contribution is -2.34. The molecule has 0 aromatic heterocycles. The summed E-state index contributed by atoms with van der Waals surface area (Å²) in [5.41, 5.74) is 1.94. The van der Waals surface area contributed by atoms with Gasteiger partial charge in [-0.15, -0.1) is 0 Å². The first-order valence-corrected chi connectivity index (χ1v) is 7.43. The molecule has 0 spiro atoms. The summed E-state index contributed by atoms with van der Waals surface area (Å²) in [6.07, 6.45) is 0. The van der Waals surface area contributed by atoms with Crippen LogP contribution >= 0.6 is 22.6 Å². The van der Waals surface area contributed by atoms with Crippen LogP contribution in [0.2, 0.25) is 0 Å². The lowest BCUT2D eigenvalue weighted by molar-refractivity contribution is 0.0949. The number of nitrogens with one attached hydrogen (secondary N) is 1. The van der Waals surface area contributed by atoms with E-state index in [1.807, 2.05) is 25.1 Å². The normalized spacial score (nSPS) is 10.7. The van der Waals surface area contributed by atoms with Crippen molar-refractivity contribution in [2.45, 2.75) is 20.8 Å². The monoisotopic (exact) mass is 360 g/mol. The number of rotatable bonds is 6. The van der Waals surface area contributed by atoms with Crippen LogP contribution in [0.3, 0.4) is 0 Å². The zero-order valence-corrected chi connectivity index (χ0v) is 13.5. The van der Waals surface area contributed by atoms with Crippen LogP contribution in [0.15, 0.2) is 18.2 Å². The van der Waals surface area contributed by atoms with Crippen LogP contribution < -0.4 is 5.32 Å². The van der Waals surface area contributed by atoms with Crippen LogP contribution in [-0.4, -0.2) is 37.0 Å². The van der Waals surface area contributed by atoms with Gasteiger partial charge in [0.05, 0.1) is 0 Å². The van der Waals surface area contributed by atoms with Crippen molar-refractivity contribution in [1.29, 1.82) is 0 Å². The van der Waals surface area contributed by atoms with Crippen molar-refractivity contribution in [3.8, 4) is 0 Å². The molecule has 0 aliphatic carbocycles. The van der Waals surface area contributed by atoms with Gasteiger partial charge in [0.15, 0.2) is 0 Å². The third-order valence-corrected chi connectivity index (χ3v) is 4.20. The average Bonchev–Trinajstić information content (AvgIpc) is 2.37. The Bertz CT molecular complexity index is 403. The zero-order valence-electron chi connectivity index (χ0n) is 11.3. The number of aryl methyl sites for hydroxylation is 1. The maximum Gasteiger partial charge on any atom is 0.251 e.